The summed E-state index contributed by atoms with van der Waals surface area (Å²) in [6, 6.07) is 8.33. The minimum Gasteiger partial charge on any atom is -0.496 e. The van der Waals surface area contributed by atoms with E-state index in [-0.39, 0.29) is 6.61 Å². The molecular formula is C19H27N3O3. The van der Waals surface area contributed by atoms with Crippen LogP contribution in [-0.2, 0) is 37.6 Å². The molecule has 0 saturated heterocycles. The first-order chi connectivity index (χ1) is 12.2. The molecule has 0 atom stereocenters. The normalized spacial score (nSPS) is 15.0. The molecule has 3 rings (SSSR count). The lowest BCUT2D eigenvalue weighted by Crippen LogP contribution is -2.22. The molecule has 0 unspecified atom stereocenters. The van der Waals surface area contributed by atoms with Crippen molar-refractivity contribution in [2.75, 3.05) is 20.3 Å². The van der Waals surface area contributed by atoms with Crippen molar-refractivity contribution in [3.05, 3.63) is 46.8 Å². The summed E-state index contributed by atoms with van der Waals surface area (Å²) in [5.41, 5.74) is 4.26. The standard InChI is InChI=1S/C19H27N3O3/c1-3-25-14-16-9-15(5-6-19(16)24-2)11-21-7-4-8-22-18(12-21)10-17(13-23)20-22/h5-6,9-10,23H,3-4,7-8,11-14H2,1-2H3. The summed E-state index contributed by atoms with van der Waals surface area (Å²) in [5.74, 6) is 0.874. The predicted molar refractivity (Wildman–Crippen MR) is 95.2 cm³/mol. The Labute approximate surface area is 149 Å². The summed E-state index contributed by atoms with van der Waals surface area (Å²) in [4.78, 5) is 2.42. The van der Waals surface area contributed by atoms with Gasteiger partial charge >= 0.3 is 0 Å². The lowest BCUT2D eigenvalue weighted by Gasteiger charge is -2.20. The average molecular weight is 345 g/mol. The Bertz CT molecular complexity index is 699. The molecule has 6 heteroatoms. The molecule has 0 aliphatic carbocycles. The van der Waals surface area contributed by atoms with E-state index in [1.165, 1.54) is 11.3 Å². The number of nitrogens with zero attached hydrogens (tertiary/aromatic N) is 3. The fourth-order valence-electron chi connectivity index (χ4n) is 3.31. The highest BCUT2D eigenvalue weighted by Crippen LogP contribution is 2.23. The van der Waals surface area contributed by atoms with Crippen LogP contribution in [0.2, 0.25) is 0 Å². The first-order valence-electron chi connectivity index (χ1n) is 8.85. The number of aliphatic hydroxyl groups excluding tert-OH is 1. The second-order valence-corrected chi connectivity index (χ2v) is 6.36. The van der Waals surface area contributed by atoms with Gasteiger partial charge in [0.2, 0.25) is 0 Å². The van der Waals surface area contributed by atoms with Crippen molar-refractivity contribution in [2.24, 2.45) is 0 Å². The largest absolute Gasteiger partial charge is 0.496 e. The molecule has 0 saturated carbocycles. The van der Waals surface area contributed by atoms with E-state index in [0.717, 1.165) is 49.6 Å². The number of rotatable bonds is 7. The lowest BCUT2D eigenvalue weighted by molar-refractivity contribution is 0.132. The highest BCUT2D eigenvalue weighted by Gasteiger charge is 2.17. The van der Waals surface area contributed by atoms with Crippen LogP contribution in [0.25, 0.3) is 0 Å². The van der Waals surface area contributed by atoms with Crippen molar-refractivity contribution in [3.8, 4) is 5.75 Å². The van der Waals surface area contributed by atoms with Crippen molar-refractivity contribution in [2.45, 2.75) is 46.2 Å². The zero-order valence-corrected chi connectivity index (χ0v) is 15.1. The molecule has 0 amide bonds. The number of aromatic nitrogens is 2. The van der Waals surface area contributed by atoms with Gasteiger partial charge in [0, 0.05) is 38.3 Å². The third kappa shape index (κ3) is 4.39. The quantitative estimate of drug-likeness (QED) is 0.835. The highest BCUT2D eigenvalue weighted by molar-refractivity contribution is 5.37. The van der Waals surface area contributed by atoms with E-state index in [1.54, 1.807) is 7.11 Å². The van der Waals surface area contributed by atoms with Crippen molar-refractivity contribution >= 4 is 0 Å². The SMILES string of the molecule is CCOCc1cc(CN2CCCn3nc(CO)cc3C2)ccc1OC. The number of hydrogen-bond acceptors (Lipinski definition) is 5. The summed E-state index contributed by atoms with van der Waals surface area (Å²) < 4.78 is 13.0. The van der Waals surface area contributed by atoms with E-state index in [9.17, 15) is 5.11 Å². The number of aryl methyl sites for hydroxylation is 1. The first kappa shape index (κ1) is 17.9. The van der Waals surface area contributed by atoms with E-state index >= 15 is 0 Å². The van der Waals surface area contributed by atoms with Crippen molar-refractivity contribution in [3.63, 3.8) is 0 Å². The second-order valence-electron chi connectivity index (χ2n) is 6.36. The lowest BCUT2D eigenvalue weighted by atomic mass is 10.1. The van der Waals surface area contributed by atoms with E-state index < -0.39 is 0 Å². The molecule has 0 fully saturated rings. The Kier molecular flexibility index (Phi) is 6.07. The molecule has 25 heavy (non-hydrogen) atoms. The summed E-state index contributed by atoms with van der Waals surface area (Å²) >= 11 is 0. The fraction of sp³-hybridized carbons (Fsp3) is 0.526. The van der Waals surface area contributed by atoms with E-state index in [1.807, 2.05) is 23.7 Å². The third-order valence-electron chi connectivity index (χ3n) is 4.52. The predicted octanol–water partition coefficient (Wildman–Crippen LogP) is 2.33. The van der Waals surface area contributed by atoms with E-state index in [0.29, 0.717) is 13.2 Å². The van der Waals surface area contributed by atoms with Crippen LogP contribution >= 0.6 is 0 Å². The number of benzene rings is 1. The molecule has 2 aromatic rings. The van der Waals surface area contributed by atoms with Crippen LogP contribution in [0.4, 0.5) is 0 Å². The van der Waals surface area contributed by atoms with Crippen LogP contribution in [0.5, 0.6) is 5.75 Å². The summed E-state index contributed by atoms with van der Waals surface area (Å²) in [5, 5.41) is 13.7. The Hall–Kier alpha value is -1.89. The molecule has 1 aromatic heterocycles. The Morgan fingerprint density at radius 2 is 2.12 bits per heavy atom. The fourth-order valence-corrected chi connectivity index (χ4v) is 3.31. The van der Waals surface area contributed by atoms with Crippen molar-refractivity contribution < 1.29 is 14.6 Å². The topological polar surface area (TPSA) is 59.8 Å². The van der Waals surface area contributed by atoms with E-state index in [2.05, 4.69) is 22.1 Å². The smallest absolute Gasteiger partial charge is 0.124 e. The van der Waals surface area contributed by atoms with Crippen molar-refractivity contribution in [1.82, 2.24) is 14.7 Å². The zero-order valence-electron chi connectivity index (χ0n) is 15.1. The second kappa shape index (κ2) is 8.47. The maximum Gasteiger partial charge on any atom is 0.124 e. The molecule has 1 aromatic carbocycles. The molecule has 0 spiro atoms. The highest BCUT2D eigenvalue weighted by atomic mass is 16.5. The van der Waals surface area contributed by atoms with E-state index in [4.69, 9.17) is 9.47 Å². The summed E-state index contributed by atoms with van der Waals surface area (Å²) in [7, 11) is 1.69. The van der Waals surface area contributed by atoms with Gasteiger partial charge in [0.15, 0.2) is 0 Å². The van der Waals surface area contributed by atoms with Crippen LogP contribution < -0.4 is 4.74 Å². The van der Waals surface area contributed by atoms with Gasteiger partial charge < -0.3 is 14.6 Å². The zero-order chi connectivity index (χ0) is 17.6. The van der Waals surface area contributed by atoms with Gasteiger partial charge in [0.05, 0.1) is 31.7 Å². The molecule has 0 bridgehead atoms. The van der Waals surface area contributed by atoms with Gasteiger partial charge in [0.1, 0.15) is 5.75 Å². The van der Waals surface area contributed by atoms with Gasteiger partial charge in [-0.2, -0.15) is 5.10 Å². The molecule has 136 valence electrons. The van der Waals surface area contributed by atoms with Crippen LogP contribution in [0.15, 0.2) is 24.3 Å². The maximum atomic E-state index is 9.30. The molecule has 1 aliphatic rings. The van der Waals surface area contributed by atoms with Gasteiger partial charge in [-0.15, -0.1) is 0 Å². The van der Waals surface area contributed by atoms with Crippen LogP contribution in [0, 0.1) is 0 Å². The van der Waals surface area contributed by atoms with Gasteiger partial charge in [-0.3, -0.25) is 9.58 Å². The maximum absolute atomic E-state index is 9.30. The third-order valence-corrected chi connectivity index (χ3v) is 4.52. The number of hydrogen-bond donors (Lipinski definition) is 1. The van der Waals surface area contributed by atoms with Gasteiger partial charge in [0.25, 0.3) is 0 Å². The van der Waals surface area contributed by atoms with Crippen molar-refractivity contribution in [1.29, 1.82) is 0 Å². The summed E-state index contributed by atoms with van der Waals surface area (Å²) in [6.07, 6.45) is 1.06. The van der Waals surface area contributed by atoms with Crippen LogP contribution in [0.3, 0.4) is 0 Å². The van der Waals surface area contributed by atoms with Gasteiger partial charge in [-0.05, 0) is 37.1 Å². The molecular weight excluding hydrogens is 318 g/mol. The molecule has 0 radical (unpaired) electrons. The van der Waals surface area contributed by atoms with Gasteiger partial charge in [-0.25, -0.2) is 0 Å². The first-order valence-corrected chi connectivity index (χ1v) is 8.85. The molecule has 6 nitrogen and oxygen atoms in total. The minimum absolute atomic E-state index is 0.000726. The number of fused-ring (bicyclic) bond motifs is 1. The molecule has 1 aliphatic heterocycles. The minimum atomic E-state index is -0.000726. The Morgan fingerprint density at radius 1 is 1.24 bits per heavy atom. The number of aliphatic hydroxyl groups is 1. The monoisotopic (exact) mass is 345 g/mol. The Balaban J connectivity index is 1.72. The molecule has 1 N–H and O–H groups in total. The van der Waals surface area contributed by atoms with Crippen LogP contribution in [0.1, 0.15) is 35.9 Å². The van der Waals surface area contributed by atoms with Crippen LogP contribution in [-0.4, -0.2) is 40.0 Å². The Morgan fingerprint density at radius 3 is 2.88 bits per heavy atom. The van der Waals surface area contributed by atoms with Gasteiger partial charge in [-0.1, -0.05) is 6.07 Å². The number of methoxy groups -OCH3 is 1. The average Bonchev–Trinajstić information content (AvgIpc) is 2.92. The number of ether oxygens (including phenoxy) is 2. The molecule has 2 heterocycles. The summed E-state index contributed by atoms with van der Waals surface area (Å²) in [6.45, 7) is 6.92.